The average Bonchev–Trinajstić information content (AvgIpc) is 2.69. The van der Waals surface area contributed by atoms with Gasteiger partial charge < -0.3 is 5.73 Å². The third kappa shape index (κ3) is 1.62. The quantitative estimate of drug-likeness (QED) is 0.711. The van der Waals surface area contributed by atoms with Gasteiger partial charge in [0, 0.05) is 13.2 Å². The number of hydrogen-bond acceptors (Lipinski definition) is 3. The summed E-state index contributed by atoms with van der Waals surface area (Å²) in [5, 5.41) is 4.13. The summed E-state index contributed by atoms with van der Waals surface area (Å²) in [7, 11) is 1.84. The van der Waals surface area contributed by atoms with E-state index in [2.05, 4.69) is 5.10 Å². The molecule has 0 bridgehead atoms. The summed E-state index contributed by atoms with van der Waals surface area (Å²) in [5.41, 5.74) is 6.05. The van der Waals surface area contributed by atoms with Crippen molar-refractivity contribution in [2.45, 2.75) is 24.8 Å². The molecule has 1 aromatic heterocycles. The molecular formula is C9H13N3O. The number of hydrogen-bond donors (Lipinski definition) is 1. The van der Waals surface area contributed by atoms with Gasteiger partial charge in [0.25, 0.3) is 0 Å². The fourth-order valence-corrected chi connectivity index (χ4v) is 1.31. The summed E-state index contributed by atoms with van der Waals surface area (Å²) < 4.78 is 1.69. The van der Waals surface area contributed by atoms with Crippen molar-refractivity contribution in [1.29, 1.82) is 0 Å². The summed E-state index contributed by atoms with van der Waals surface area (Å²) in [6.07, 6.45) is 3.87. The number of carbonyl (C=O) groups excluding carboxylic acids is 1. The van der Waals surface area contributed by atoms with E-state index < -0.39 is 5.54 Å². The number of Topliss-reactive ketones (excluding diaryl/α,β-unsaturated/α-hetero) is 1. The second-order valence-electron chi connectivity index (χ2n) is 3.74. The first-order chi connectivity index (χ1) is 6.10. The Kier molecular flexibility index (Phi) is 1.73. The molecule has 0 unspecified atom stereocenters. The van der Waals surface area contributed by atoms with E-state index in [0.29, 0.717) is 6.42 Å². The van der Waals surface area contributed by atoms with E-state index in [1.165, 1.54) is 0 Å². The molecule has 13 heavy (non-hydrogen) atoms. The Bertz CT molecular complexity index is 338. The van der Waals surface area contributed by atoms with Gasteiger partial charge >= 0.3 is 0 Å². The number of rotatable bonds is 3. The zero-order chi connectivity index (χ0) is 9.47. The van der Waals surface area contributed by atoms with Gasteiger partial charge in [0.1, 0.15) is 0 Å². The second-order valence-corrected chi connectivity index (χ2v) is 3.74. The predicted molar refractivity (Wildman–Crippen MR) is 48.1 cm³/mol. The van der Waals surface area contributed by atoms with E-state index in [4.69, 9.17) is 5.73 Å². The molecule has 1 saturated carbocycles. The van der Waals surface area contributed by atoms with Gasteiger partial charge in [0.05, 0.1) is 17.7 Å². The molecule has 1 aliphatic carbocycles. The standard InChI is InChI=1S/C9H13N3O/c1-12-5-2-7(11-12)6-8(13)9(10)3-4-9/h2,5H,3-4,6,10H2,1H3. The minimum atomic E-state index is -0.516. The molecule has 0 saturated heterocycles. The van der Waals surface area contributed by atoms with Crippen molar-refractivity contribution in [2.75, 3.05) is 0 Å². The Morgan fingerprint density at radius 2 is 2.46 bits per heavy atom. The van der Waals surface area contributed by atoms with Crippen LogP contribution in [0.3, 0.4) is 0 Å². The minimum absolute atomic E-state index is 0.117. The van der Waals surface area contributed by atoms with Gasteiger partial charge in [-0.1, -0.05) is 0 Å². The van der Waals surface area contributed by atoms with Gasteiger partial charge in [0.15, 0.2) is 5.78 Å². The topological polar surface area (TPSA) is 60.9 Å². The van der Waals surface area contributed by atoms with Gasteiger partial charge in [-0.2, -0.15) is 5.10 Å². The molecule has 0 amide bonds. The average molecular weight is 179 g/mol. The monoisotopic (exact) mass is 179 g/mol. The molecule has 4 heteroatoms. The molecule has 2 rings (SSSR count). The number of nitrogens with two attached hydrogens (primary N) is 1. The van der Waals surface area contributed by atoms with E-state index in [9.17, 15) is 4.79 Å². The normalized spacial score (nSPS) is 18.6. The van der Waals surface area contributed by atoms with Gasteiger partial charge in [-0.05, 0) is 18.9 Å². The highest BCUT2D eigenvalue weighted by atomic mass is 16.1. The molecule has 2 N–H and O–H groups in total. The van der Waals surface area contributed by atoms with E-state index in [-0.39, 0.29) is 5.78 Å². The molecule has 0 aliphatic heterocycles. The molecule has 4 nitrogen and oxygen atoms in total. The summed E-state index contributed by atoms with van der Waals surface area (Å²) in [5.74, 6) is 0.117. The number of aryl methyl sites for hydroxylation is 1. The zero-order valence-corrected chi connectivity index (χ0v) is 7.66. The minimum Gasteiger partial charge on any atom is -0.319 e. The van der Waals surface area contributed by atoms with Crippen LogP contribution >= 0.6 is 0 Å². The second kappa shape index (κ2) is 2.67. The maximum Gasteiger partial charge on any atom is 0.158 e. The third-order valence-electron chi connectivity index (χ3n) is 2.45. The zero-order valence-electron chi connectivity index (χ0n) is 7.66. The van der Waals surface area contributed by atoms with Crippen LogP contribution in [-0.4, -0.2) is 21.1 Å². The molecule has 1 fully saturated rings. The van der Waals surface area contributed by atoms with Crippen molar-refractivity contribution in [3.63, 3.8) is 0 Å². The van der Waals surface area contributed by atoms with E-state index in [0.717, 1.165) is 18.5 Å². The maximum absolute atomic E-state index is 11.5. The molecule has 0 atom stereocenters. The molecule has 0 radical (unpaired) electrons. The summed E-state index contributed by atoms with van der Waals surface area (Å²) in [6.45, 7) is 0. The maximum atomic E-state index is 11.5. The highest BCUT2D eigenvalue weighted by Crippen LogP contribution is 2.33. The van der Waals surface area contributed by atoms with Gasteiger partial charge in [-0.25, -0.2) is 0 Å². The molecule has 0 spiro atoms. The van der Waals surface area contributed by atoms with E-state index >= 15 is 0 Å². The van der Waals surface area contributed by atoms with Crippen LogP contribution < -0.4 is 5.73 Å². The highest BCUT2D eigenvalue weighted by molar-refractivity contribution is 5.92. The first kappa shape index (κ1) is 8.44. The van der Waals surface area contributed by atoms with Crippen LogP contribution in [0, 0.1) is 0 Å². The fourth-order valence-electron chi connectivity index (χ4n) is 1.31. The van der Waals surface area contributed by atoms with Crippen LogP contribution in [0.4, 0.5) is 0 Å². The lowest BCUT2D eigenvalue weighted by molar-refractivity contribution is -0.120. The van der Waals surface area contributed by atoms with Gasteiger partial charge in [-0.15, -0.1) is 0 Å². The van der Waals surface area contributed by atoms with Crippen molar-refractivity contribution >= 4 is 5.78 Å². The molecule has 1 aliphatic rings. The largest absolute Gasteiger partial charge is 0.319 e. The molecule has 1 heterocycles. The summed E-state index contributed by atoms with van der Waals surface area (Å²) in [4.78, 5) is 11.5. The molecule has 70 valence electrons. The van der Waals surface area contributed by atoms with Crippen molar-refractivity contribution in [1.82, 2.24) is 9.78 Å². The van der Waals surface area contributed by atoms with Gasteiger partial charge in [-0.3, -0.25) is 9.48 Å². The smallest absolute Gasteiger partial charge is 0.158 e. The number of carbonyl (C=O) groups is 1. The summed E-state index contributed by atoms with van der Waals surface area (Å²) in [6, 6.07) is 1.85. The third-order valence-corrected chi connectivity index (χ3v) is 2.45. The molecule has 1 aromatic rings. The van der Waals surface area contributed by atoms with Crippen molar-refractivity contribution < 1.29 is 4.79 Å². The Hall–Kier alpha value is -1.16. The van der Waals surface area contributed by atoms with Crippen LogP contribution in [0.5, 0.6) is 0 Å². The summed E-state index contributed by atoms with van der Waals surface area (Å²) >= 11 is 0. The first-order valence-electron chi connectivity index (χ1n) is 4.41. The number of nitrogens with zero attached hydrogens (tertiary/aromatic N) is 2. The van der Waals surface area contributed by atoms with Gasteiger partial charge in [0.2, 0.25) is 0 Å². The lowest BCUT2D eigenvalue weighted by Gasteiger charge is -2.04. The highest BCUT2D eigenvalue weighted by Gasteiger charge is 2.45. The van der Waals surface area contributed by atoms with Crippen molar-refractivity contribution in [2.24, 2.45) is 12.8 Å². The van der Waals surface area contributed by atoms with E-state index in [1.807, 2.05) is 19.3 Å². The Labute approximate surface area is 76.7 Å². The van der Waals surface area contributed by atoms with Crippen LogP contribution in [0.25, 0.3) is 0 Å². The van der Waals surface area contributed by atoms with Crippen LogP contribution in [0.2, 0.25) is 0 Å². The predicted octanol–water partition coefficient (Wildman–Crippen LogP) is 0.0230. The lowest BCUT2D eigenvalue weighted by atomic mass is 10.1. The van der Waals surface area contributed by atoms with Crippen LogP contribution in [0.1, 0.15) is 18.5 Å². The number of aromatic nitrogens is 2. The Morgan fingerprint density at radius 3 is 2.92 bits per heavy atom. The van der Waals surface area contributed by atoms with Crippen molar-refractivity contribution in [3.8, 4) is 0 Å². The van der Waals surface area contributed by atoms with Crippen molar-refractivity contribution in [3.05, 3.63) is 18.0 Å². The van der Waals surface area contributed by atoms with Crippen LogP contribution in [0.15, 0.2) is 12.3 Å². The van der Waals surface area contributed by atoms with Crippen LogP contribution in [-0.2, 0) is 18.3 Å². The van der Waals surface area contributed by atoms with E-state index in [1.54, 1.807) is 4.68 Å². The molecular weight excluding hydrogens is 166 g/mol. The lowest BCUT2D eigenvalue weighted by Crippen LogP contribution is -2.34. The fraction of sp³-hybridized carbons (Fsp3) is 0.556. The Balaban J connectivity index is 2.02. The number of ketones is 1. The molecule has 0 aromatic carbocycles. The Morgan fingerprint density at radius 1 is 1.77 bits per heavy atom. The first-order valence-corrected chi connectivity index (χ1v) is 4.41. The SMILES string of the molecule is Cn1ccc(CC(=O)C2(N)CC2)n1.